The number of rotatable bonds is 2. The standard InChI is InChI=1S/C19H24N2O3/c1-24-18(22)13-8-10-21(11-9-13)19(23)20-17-15-7-6-12-4-2-3-5-14(12)16(15)17/h2-5,13,15-17H,6-11H2,1H3,(H,20,23)/t15-,16+,17-/m1/s1. The van der Waals surface area contributed by atoms with Gasteiger partial charge in [-0.3, -0.25) is 4.79 Å². The Kier molecular flexibility index (Phi) is 3.94. The number of hydrogen-bond acceptors (Lipinski definition) is 3. The van der Waals surface area contributed by atoms with Gasteiger partial charge in [-0.15, -0.1) is 0 Å². The average Bonchev–Trinajstić information content (AvgIpc) is 3.34. The average molecular weight is 328 g/mol. The number of carbonyl (C=O) groups is 2. The van der Waals surface area contributed by atoms with E-state index in [2.05, 4.69) is 29.6 Å². The lowest BCUT2D eigenvalue weighted by Crippen LogP contribution is -2.46. The molecule has 0 bridgehead atoms. The molecular formula is C19H24N2O3. The molecule has 4 rings (SSSR count). The summed E-state index contributed by atoms with van der Waals surface area (Å²) in [4.78, 5) is 26.0. The fraction of sp³-hybridized carbons (Fsp3) is 0.579. The lowest BCUT2D eigenvalue weighted by molar-refractivity contribution is -0.146. The van der Waals surface area contributed by atoms with Crippen LogP contribution in [0.15, 0.2) is 24.3 Å². The second kappa shape index (κ2) is 6.11. The van der Waals surface area contributed by atoms with Crippen molar-refractivity contribution in [1.82, 2.24) is 10.2 Å². The molecule has 0 radical (unpaired) electrons. The number of urea groups is 1. The number of fused-ring (bicyclic) bond motifs is 3. The Morgan fingerprint density at radius 2 is 1.92 bits per heavy atom. The molecule has 5 heteroatoms. The van der Waals surface area contributed by atoms with Crippen molar-refractivity contribution in [2.24, 2.45) is 11.8 Å². The maximum Gasteiger partial charge on any atom is 0.317 e. The topological polar surface area (TPSA) is 58.6 Å². The molecule has 1 saturated heterocycles. The third kappa shape index (κ3) is 2.66. The highest BCUT2D eigenvalue weighted by atomic mass is 16.5. The molecule has 1 saturated carbocycles. The van der Waals surface area contributed by atoms with Gasteiger partial charge in [0.05, 0.1) is 13.0 Å². The molecule has 1 aromatic carbocycles. The van der Waals surface area contributed by atoms with Crippen LogP contribution in [0.3, 0.4) is 0 Å². The van der Waals surface area contributed by atoms with E-state index in [1.54, 1.807) is 0 Å². The summed E-state index contributed by atoms with van der Waals surface area (Å²) in [5.41, 5.74) is 2.86. The summed E-state index contributed by atoms with van der Waals surface area (Å²) >= 11 is 0. The van der Waals surface area contributed by atoms with E-state index in [4.69, 9.17) is 4.74 Å². The summed E-state index contributed by atoms with van der Waals surface area (Å²) in [6.45, 7) is 1.26. The van der Waals surface area contributed by atoms with Gasteiger partial charge in [0.25, 0.3) is 0 Å². The number of benzene rings is 1. The molecule has 0 unspecified atom stereocenters. The van der Waals surface area contributed by atoms with Crippen molar-refractivity contribution < 1.29 is 14.3 Å². The monoisotopic (exact) mass is 328 g/mol. The van der Waals surface area contributed by atoms with E-state index in [1.807, 2.05) is 4.90 Å². The van der Waals surface area contributed by atoms with E-state index < -0.39 is 0 Å². The zero-order valence-electron chi connectivity index (χ0n) is 14.0. The third-order valence-electron chi connectivity index (χ3n) is 5.94. The molecule has 24 heavy (non-hydrogen) atoms. The van der Waals surface area contributed by atoms with E-state index in [1.165, 1.54) is 18.2 Å². The Balaban J connectivity index is 1.33. The number of esters is 1. The molecule has 5 nitrogen and oxygen atoms in total. The first-order valence-electron chi connectivity index (χ1n) is 8.90. The largest absolute Gasteiger partial charge is 0.469 e. The number of likely N-dealkylation sites (tertiary alicyclic amines) is 1. The molecule has 128 valence electrons. The minimum Gasteiger partial charge on any atom is -0.469 e. The van der Waals surface area contributed by atoms with Gasteiger partial charge in [0.2, 0.25) is 0 Å². The smallest absolute Gasteiger partial charge is 0.317 e. The van der Waals surface area contributed by atoms with Crippen molar-refractivity contribution in [3.8, 4) is 0 Å². The van der Waals surface area contributed by atoms with Crippen LogP contribution in [-0.4, -0.2) is 43.1 Å². The SMILES string of the molecule is COC(=O)C1CCN(C(=O)N[C@@H]2[C@@H]3CCc4ccccc4[C@@H]32)CC1. The molecule has 2 amide bonds. The molecule has 1 heterocycles. The Labute approximate surface area is 142 Å². The predicted octanol–water partition coefficient (Wildman–Crippen LogP) is 2.31. The van der Waals surface area contributed by atoms with Gasteiger partial charge in [-0.2, -0.15) is 0 Å². The van der Waals surface area contributed by atoms with E-state index in [0.29, 0.717) is 37.8 Å². The lowest BCUT2D eigenvalue weighted by atomic mass is 9.92. The van der Waals surface area contributed by atoms with Gasteiger partial charge >= 0.3 is 12.0 Å². The van der Waals surface area contributed by atoms with E-state index in [-0.39, 0.29) is 24.0 Å². The number of aryl methyl sites for hydroxylation is 1. The van der Waals surface area contributed by atoms with Crippen LogP contribution in [-0.2, 0) is 16.0 Å². The first-order chi connectivity index (χ1) is 11.7. The van der Waals surface area contributed by atoms with Gasteiger partial charge in [-0.25, -0.2) is 4.79 Å². The van der Waals surface area contributed by atoms with Crippen molar-refractivity contribution in [2.75, 3.05) is 20.2 Å². The Bertz CT molecular complexity index is 652. The first-order valence-corrected chi connectivity index (χ1v) is 8.90. The van der Waals surface area contributed by atoms with E-state index in [9.17, 15) is 9.59 Å². The molecule has 3 aliphatic rings. The predicted molar refractivity (Wildman–Crippen MR) is 89.6 cm³/mol. The summed E-state index contributed by atoms with van der Waals surface area (Å²) in [6.07, 6.45) is 3.67. The van der Waals surface area contributed by atoms with Crippen LogP contribution in [0.2, 0.25) is 0 Å². The molecule has 2 fully saturated rings. The first kappa shape index (κ1) is 15.5. The molecule has 3 atom stereocenters. The van der Waals surface area contributed by atoms with Crippen molar-refractivity contribution >= 4 is 12.0 Å². The number of carbonyl (C=O) groups excluding carboxylic acids is 2. The maximum atomic E-state index is 12.5. The Morgan fingerprint density at radius 1 is 1.17 bits per heavy atom. The van der Waals surface area contributed by atoms with Gasteiger partial charge in [0.1, 0.15) is 0 Å². The van der Waals surface area contributed by atoms with Crippen molar-refractivity contribution in [3.05, 3.63) is 35.4 Å². The molecule has 0 aromatic heterocycles. The van der Waals surface area contributed by atoms with Crippen LogP contribution in [0.25, 0.3) is 0 Å². The number of nitrogens with one attached hydrogen (secondary N) is 1. The molecule has 1 aliphatic heterocycles. The van der Waals surface area contributed by atoms with Gasteiger partial charge in [-0.05, 0) is 42.7 Å². The van der Waals surface area contributed by atoms with E-state index in [0.717, 1.165) is 12.8 Å². The van der Waals surface area contributed by atoms with Crippen molar-refractivity contribution in [3.63, 3.8) is 0 Å². The summed E-state index contributed by atoms with van der Waals surface area (Å²) in [5, 5.41) is 3.24. The fourth-order valence-electron chi connectivity index (χ4n) is 4.48. The molecular weight excluding hydrogens is 304 g/mol. The lowest BCUT2D eigenvalue weighted by Gasteiger charge is -2.30. The van der Waals surface area contributed by atoms with Gasteiger partial charge in [-0.1, -0.05) is 24.3 Å². The van der Waals surface area contributed by atoms with Gasteiger partial charge < -0.3 is 15.0 Å². The highest BCUT2D eigenvalue weighted by molar-refractivity contribution is 5.77. The summed E-state index contributed by atoms with van der Waals surface area (Å²) < 4.78 is 4.80. The maximum absolute atomic E-state index is 12.5. The van der Waals surface area contributed by atoms with Gasteiger partial charge in [0, 0.05) is 25.0 Å². The van der Waals surface area contributed by atoms with Crippen molar-refractivity contribution in [1.29, 1.82) is 0 Å². The second-order valence-electron chi connectivity index (χ2n) is 7.19. The van der Waals surface area contributed by atoms with Crippen LogP contribution in [0.4, 0.5) is 4.79 Å². The summed E-state index contributed by atoms with van der Waals surface area (Å²) in [7, 11) is 1.42. The Morgan fingerprint density at radius 3 is 2.67 bits per heavy atom. The quantitative estimate of drug-likeness (QED) is 0.848. The molecule has 1 aromatic rings. The number of hydrogen-bond donors (Lipinski definition) is 1. The highest BCUT2D eigenvalue weighted by Gasteiger charge is 2.54. The third-order valence-corrected chi connectivity index (χ3v) is 5.94. The fourth-order valence-corrected chi connectivity index (χ4v) is 4.48. The number of ether oxygens (including phenoxy) is 1. The van der Waals surface area contributed by atoms with Crippen LogP contribution < -0.4 is 5.32 Å². The minimum absolute atomic E-state index is 0.0233. The second-order valence-corrected chi connectivity index (χ2v) is 7.19. The number of nitrogens with zero attached hydrogens (tertiary/aromatic N) is 1. The van der Waals surface area contributed by atoms with Crippen LogP contribution >= 0.6 is 0 Å². The zero-order valence-corrected chi connectivity index (χ0v) is 14.0. The summed E-state index contributed by atoms with van der Waals surface area (Å²) in [6, 6.07) is 8.91. The number of amides is 2. The number of piperidine rings is 1. The van der Waals surface area contributed by atoms with Gasteiger partial charge in [0.15, 0.2) is 0 Å². The van der Waals surface area contributed by atoms with Crippen molar-refractivity contribution in [2.45, 2.75) is 37.6 Å². The Hall–Kier alpha value is -2.04. The normalized spacial score (nSPS) is 28.5. The molecule has 1 N–H and O–H groups in total. The highest BCUT2D eigenvalue weighted by Crippen LogP contribution is 2.54. The van der Waals surface area contributed by atoms with Crippen LogP contribution in [0.5, 0.6) is 0 Å². The zero-order chi connectivity index (χ0) is 16.7. The molecule has 2 aliphatic carbocycles. The van der Waals surface area contributed by atoms with E-state index >= 15 is 0 Å². The van der Waals surface area contributed by atoms with Crippen LogP contribution in [0, 0.1) is 11.8 Å². The molecule has 0 spiro atoms. The minimum atomic E-state index is -0.153. The number of methoxy groups -OCH3 is 1. The van der Waals surface area contributed by atoms with Crippen LogP contribution in [0.1, 0.15) is 36.3 Å². The summed E-state index contributed by atoms with van der Waals surface area (Å²) in [5.74, 6) is 0.872.